The third kappa shape index (κ3) is 3.57. The van der Waals surface area contributed by atoms with Gasteiger partial charge >= 0.3 is 6.09 Å². The van der Waals surface area contributed by atoms with Gasteiger partial charge in [0.2, 0.25) is 0 Å². The van der Waals surface area contributed by atoms with Crippen LogP contribution < -0.4 is 10.1 Å². The normalized spacial score (nSPS) is 10.3. The molecular formula is C14H9F3N2O4. The first-order valence-corrected chi connectivity index (χ1v) is 6.17. The van der Waals surface area contributed by atoms with Gasteiger partial charge in [-0.3, -0.25) is 15.4 Å². The van der Waals surface area contributed by atoms with Gasteiger partial charge in [0.05, 0.1) is 10.6 Å². The van der Waals surface area contributed by atoms with Gasteiger partial charge in [0.15, 0.2) is 17.5 Å². The highest BCUT2D eigenvalue weighted by molar-refractivity contribution is 5.86. The second kappa shape index (κ2) is 6.34. The standard InChI is InChI=1S/C14H9F3N2O4/c1-7-12(16)10(15)6-11(13(7)17)18-14(20)23-9-4-2-8(3-5-9)19(21)22/h2-6H,1H3,(H,18,20). The molecule has 0 aliphatic heterocycles. The Kier molecular flexibility index (Phi) is 4.49. The van der Waals surface area contributed by atoms with Gasteiger partial charge in [-0.05, 0) is 19.1 Å². The quantitative estimate of drug-likeness (QED) is 0.526. The minimum Gasteiger partial charge on any atom is -0.410 e. The molecule has 0 bridgehead atoms. The summed E-state index contributed by atoms with van der Waals surface area (Å²) in [6, 6.07) is 5.00. The molecule has 0 aliphatic rings. The minimum absolute atomic E-state index is 0.0483. The van der Waals surface area contributed by atoms with Crippen LogP contribution in [0.25, 0.3) is 0 Å². The first-order chi connectivity index (χ1) is 10.8. The van der Waals surface area contributed by atoms with E-state index in [2.05, 4.69) is 0 Å². The number of nitrogens with one attached hydrogen (secondary N) is 1. The van der Waals surface area contributed by atoms with Crippen LogP contribution in [0.3, 0.4) is 0 Å². The van der Waals surface area contributed by atoms with Crippen LogP contribution >= 0.6 is 0 Å². The second-order valence-electron chi connectivity index (χ2n) is 4.42. The highest BCUT2D eigenvalue weighted by Crippen LogP contribution is 2.24. The van der Waals surface area contributed by atoms with Gasteiger partial charge in [-0.15, -0.1) is 0 Å². The number of non-ortho nitro benzene ring substituents is 1. The fraction of sp³-hybridized carbons (Fsp3) is 0.0714. The summed E-state index contributed by atoms with van der Waals surface area (Å²) in [5, 5.41) is 12.4. The molecule has 0 heterocycles. The van der Waals surface area contributed by atoms with Gasteiger partial charge in [-0.2, -0.15) is 0 Å². The summed E-state index contributed by atoms with van der Waals surface area (Å²) in [4.78, 5) is 21.5. The van der Waals surface area contributed by atoms with Crippen molar-refractivity contribution >= 4 is 17.5 Å². The molecule has 2 aromatic carbocycles. The molecule has 0 fully saturated rings. The van der Waals surface area contributed by atoms with E-state index in [0.29, 0.717) is 6.07 Å². The molecule has 1 amide bonds. The largest absolute Gasteiger partial charge is 0.417 e. The lowest BCUT2D eigenvalue weighted by atomic mass is 10.2. The van der Waals surface area contributed by atoms with Crippen molar-refractivity contribution in [1.29, 1.82) is 0 Å². The average Bonchev–Trinajstić information content (AvgIpc) is 2.51. The van der Waals surface area contributed by atoms with E-state index < -0.39 is 39.7 Å². The van der Waals surface area contributed by atoms with Crippen LogP contribution in [0.2, 0.25) is 0 Å². The molecule has 9 heteroatoms. The Morgan fingerprint density at radius 3 is 2.35 bits per heavy atom. The number of hydrogen-bond donors (Lipinski definition) is 1. The van der Waals surface area contributed by atoms with Crippen LogP contribution in [0.5, 0.6) is 5.75 Å². The Balaban J connectivity index is 2.12. The zero-order chi connectivity index (χ0) is 17.1. The maximum Gasteiger partial charge on any atom is 0.417 e. The molecule has 0 saturated heterocycles. The second-order valence-corrected chi connectivity index (χ2v) is 4.42. The SMILES string of the molecule is Cc1c(F)c(F)cc(NC(=O)Oc2ccc([N+](=O)[O-])cc2)c1F. The fourth-order valence-electron chi connectivity index (χ4n) is 1.70. The van der Waals surface area contributed by atoms with Crippen LogP contribution in [0, 0.1) is 34.5 Å². The van der Waals surface area contributed by atoms with Crippen LogP contribution in [-0.4, -0.2) is 11.0 Å². The van der Waals surface area contributed by atoms with Gasteiger partial charge in [-0.1, -0.05) is 0 Å². The molecule has 0 saturated carbocycles. The summed E-state index contributed by atoms with van der Waals surface area (Å²) < 4.78 is 44.9. The molecule has 0 radical (unpaired) electrons. The molecule has 120 valence electrons. The topological polar surface area (TPSA) is 81.5 Å². The monoisotopic (exact) mass is 326 g/mol. The summed E-state index contributed by atoms with van der Waals surface area (Å²) in [5.41, 5.74) is -1.39. The van der Waals surface area contributed by atoms with E-state index in [-0.39, 0.29) is 11.4 Å². The Morgan fingerprint density at radius 1 is 1.17 bits per heavy atom. The predicted molar refractivity (Wildman–Crippen MR) is 73.8 cm³/mol. The zero-order valence-electron chi connectivity index (χ0n) is 11.6. The molecule has 0 aromatic heterocycles. The number of halogens is 3. The molecule has 1 N–H and O–H groups in total. The van der Waals surface area contributed by atoms with Crippen LogP contribution in [0.4, 0.5) is 29.3 Å². The van der Waals surface area contributed by atoms with Gasteiger partial charge < -0.3 is 4.74 Å². The van der Waals surface area contributed by atoms with Gasteiger partial charge in [0, 0.05) is 23.8 Å². The van der Waals surface area contributed by atoms with Crippen LogP contribution in [0.15, 0.2) is 30.3 Å². The summed E-state index contributed by atoms with van der Waals surface area (Å²) in [5.74, 6) is -3.86. The van der Waals surface area contributed by atoms with Crippen LogP contribution in [-0.2, 0) is 0 Å². The van der Waals surface area contributed by atoms with Crippen molar-refractivity contribution in [2.45, 2.75) is 6.92 Å². The number of carbonyl (C=O) groups excluding carboxylic acids is 1. The molecule has 0 spiro atoms. The highest BCUT2D eigenvalue weighted by Gasteiger charge is 2.18. The van der Waals surface area contributed by atoms with Gasteiger partial charge in [0.25, 0.3) is 5.69 Å². The number of carbonyl (C=O) groups is 1. The van der Waals surface area contributed by atoms with Crippen molar-refractivity contribution in [3.63, 3.8) is 0 Å². The van der Waals surface area contributed by atoms with Crippen molar-refractivity contribution in [3.8, 4) is 5.75 Å². The Bertz CT molecular complexity index is 779. The maximum absolute atomic E-state index is 13.7. The molecule has 0 aliphatic carbocycles. The van der Waals surface area contributed by atoms with E-state index in [0.717, 1.165) is 31.2 Å². The highest BCUT2D eigenvalue weighted by atomic mass is 19.2. The number of amides is 1. The predicted octanol–water partition coefficient (Wildman–Crippen LogP) is 3.93. The third-order valence-corrected chi connectivity index (χ3v) is 2.87. The number of nitrogens with zero attached hydrogens (tertiary/aromatic N) is 1. The van der Waals surface area contributed by atoms with E-state index >= 15 is 0 Å². The first-order valence-electron chi connectivity index (χ1n) is 6.17. The lowest BCUT2D eigenvalue weighted by Gasteiger charge is -2.10. The van der Waals surface area contributed by atoms with E-state index in [1.807, 2.05) is 5.32 Å². The first kappa shape index (κ1) is 16.3. The molecule has 2 rings (SSSR count). The lowest BCUT2D eigenvalue weighted by Crippen LogP contribution is -2.18. The van der Waals surface area contributed by atoms with Crippen molar-refractivity contribution in [2.24, 2.45) is 0 Å². The van der Waals surface area contributed by atoms with E-state index in [9.17, 15) is 28.1 Å². The lowest BCUT2D eigenvalue weighted by molar-refractivity contribution is -0.384. The van der Waals surface area contributed by atoms with E-state index in [1.54, 1.807) is 0 Å². The van der Waals surface area contributed by atoms with Gasteiger partial charge in [-0.25, -0.2) is 18.0 Å². The Morgan fingerprint density at radius 2 is 1.78 bits per heavy atom. The van der Waals surface area contributed by atoms with Crippen LogP contribution in [0.1, 0.15) is 5.56 Å². The number of rotatable bonds is 3. The number of nitro benzene ring substituents is 1. The molecule has 2 aromatic rings. The molecule has 23 heavy (non-hydrogen) atoms. The van der Waals surface area contributed by atoms with Crippen molar-refractivity contribution in [3.05, 3.63) is 63.5 Å². The minimum atomic E-state index is -1.35. The van der Waals surface area contributed by atoms with Crippen molar-refractivity contribution in [1.82, 2.24) is 0 Å². The molecule has 0 unspecified atom stereocenters. The van der Waals surface area contributed by atoms with Gasteiger partial charge in [0.1, 0.15) is 5.75 Å². The molecule has 6 nitrogen and oxygen atoms in total. The summed E-state index contributed by atoms with van der Waals surface area (Å²) in [6.07, 6.45) is -1.16. The summed E-state index contributed by atoms with van der Waals surface area (Å²) in [6.45, 7) is 1.01. The summed E-state index contributed by atoms with van der Waals surface area (Å²) in [7, 11) is 0. The smallest absolute Gasteiger partial charge is 0.410 e. The van der Waals surface area contributed by atoms with E-state index in [4.69, 9.17) is 4.74 Å². The number of anilines is 1. The van der Waals surface area contributed by atoms with E-state index in [1.165, 1.54) is 0 Å². The fourth-order valence-corrected chi connectivity index (χ4v) is 1.70. The number of benzene rings is 2. The third-order valence-electron chi connectivity index (χ3n) is 2.87. The zero-order valence-corrected chi connectivity index (χ0v) is 11.6. The molecule has 0 atom stereocenters. The number of hydrogen-bond acceptors (Lipinski definition) is 4. The van der Waals surface area contributed by atoms with Crippen molar-refractivity contribution in [2.75, 3.05) is 5.32 Å². The van der Waals surface area contributed by atoms with Crippen molar-refractivity contribution < 1.29 is 27.6 Å². The average molecular weight is 326 g/mol. The Hall–Kier alpha value is -3.10. The Labute approximate surface area is 127 Å². The molecular weight excluding hydrogens is 317 g/mol. The number of nitro groups is 1. The summed E-state index contributed by atoms with van der Waals surface area (Å²) >= 11 is 0. The number of ether oxygens (including phenoxy) is 1. The maximum atomic E-state index is 13.7.